The first-order valence-electron chi connectivity index (χ1n) is 7.79. The van der Waals surface area contributed by atoms with Crippen molar-refractivity contribution >= 4 is 11.9 Å². The fourth-order valence-electron chi connectivity index (χ4n) is 2.50. The highest BCUT2D eigenvalue weighted by molar-refractivity contribution is 5.93. The first-order chi connectivity index (χ1) is 10.6. The molecule has 2 heterocycles. The van der Waals surface area contributed by atoms with Crippen LogP contribution in [0.2, 0.25) is 0 Å². The van der Waals surface area contributed by atoms with Crippen LogP contribution in [-0.2, 0) is 0 Å². The minimum Gasteiger partial charge on any atom is -0.350 e. The van der Waals surface area contributed by atoms with Gasteiger partial charge in [0.25, 0.3) is 5.91 Å². The van der Waals surface area contributed by atoms with Gasteiger partial charge in [0, 0.05) is 38.6 Å². The number of aromatic nitrogens is 1. The molecule has 22 heavy (non-hydrogen) atoms. The number of urea groups is 1. The van der Waals surface area contributed by atoms with Crippen LogP contribution in [0.15, 0.2) is 24.5 Å². The Morgan fingerprint density at radius 3 is 2.73 bits per heavy atom. The number of pyridine rings is 1. The third-order valence-electron chi connectivity index (χ3n) is 4.23. The predicted molar refractivity (Wildman–Crippen MR) is 84.5 cm³/mol. The molecule has 1 aromatic rings. The second-order valence-corrected chi connectivity index (χ2v) is 5.92. The molecule has 0 aromatic carbocycles. The summed E-state index contributed by atoms with van der Waals surface area (Å²) >= 11 is 0. The topological polar surface area (TPSA) is 74.3 Å². The van der Waals surface area contributed by atoms with Gasteiger partial charge in [-0.25, -0.2) is 4.79 Å². The molecule has 6 nitrogen and oxygen atoms in total. The lowest BCUT2D eigenvalue weighted by Gasteiger charge is -2.35. The molecule has 3 amide bonds. The van der Waals surface area contributed by atoms with Crippen molar-refractivity contribution in [2.45, 2.75) is 20.3 Å². The van der Waals surface area contributed by atoms with Crippen molar-refractivity contribution < 1.29 is 9.59 Å². The monoisotopic (exact) mass is 304 g/mol. The van der Waals surface area contributed by atoms with Crippen LogP contribution in [0.4, 0.5) is 4.79 Å². The van der Waals surface area contributed by atoms with E-state index in [1.54, 1.807) is 18.3 Å². The van der Waals surface area contributed by atoms with Crippen LogP contribution in [0, 0.1) is 11.8 Å². The highest BCUT2D eigenvalue weighted by atomic mass is 16.2. The third kappa shape index (κ3) is 4.44. The Hall–Kier alpha value is -2.11. The zero-order valence-electron chi connectivity index (χ0n) is 13.2. The van der Waals surface area contributed by atoms with Gasteiger partial charge in [-0.2, -0.15) is 0 Å². The number of hydrogen-bond acceptors (Lipinski definition) is 3. The molecule has 0 spiro atoms. The fraction of sp³-hybridized carbons (Fsp3) is 0.562. The van der Waals surface area contributed by atoms with Crippen LogP contribution in [0.25, 0.3) is 0 Å². The van der Waals surface area contributed by atoms with E-state index in [1.165, 1.54) is 6.20 Å². The molecule has 0 bridgehead atoms. The molecule has 1 aliphatic heterocycles. The summed E-state index contributed by atoms with van der Waals surface area (Å²) in [5.74, 6) is 1.02. The summed E-state index contributed by atoms with van der Waals surface area (Å²) in [5, 5.41) is 5.61. The van der Waals surface area contributed by atoms with E-state index in [0.29, 0.717) is 30.5 Å². The molecule has 1 fully saturated rings. The van der Waals surface area contributed by atoms with Gasteiger partial charge >= 0.3 is 6.03 Å². The molecule has 6 heteroatoms. The molecule has 2 N–H and O–H groups in total. The van der Waals surface area contributed by atoms with Gasteiger partial charge < -0.3 is 15.5 Å². The van der Waals surface area contributed by atoms with Gasteiger partial charge in [-0.05, 0) is 30.4 Å². The average molecular weight is 304 g/mol. The van der Waals surface area contributed by atoms with Crippen molar-refractivity contribution in [1.29, 1.82) is 0 Å². The van der Waals surface area contributed by atoms with E-state index in [0.717, 1.165) is 19.5 Å². The lowest BCUT2D eigenvalue weighted by Crippen LogP contribution is -2.48. The summed E-state index contributed by atoms with van der Waals surface area (Å²) in [5.41, 5.74) is 0.521. The van der Waals surface area contributed by atoms with Gasteiger partial charge in [0.1, 0.15) is 0 Å². The van der Waals surface area contributed by atoms with E-state index in [2.05, 4.69) is 29.5 Å². The second-order valence-electron chi connectivity index (χ2n) is 5.92. The summed E-state index contributed by atoms with van der Waals surface area (Å²) in [4.78, 5) is 29.6. The highest BCUT2D eigenvalue weighted by Crippen LogP contribution is 2.22. The van der Waals surface area contributed by atoms with Crippen LogP contribution in [0.1, 0.15) is 30.6 Å². The van der Waals surface area contributed by atoms with Crippen LogP contribution >= 0.6 is 0 Å². The van der Waals surface area contributed by atoms with E-state index in [4.69, 9.17) is 0 Å². The third-order valence-corrected chi connectivity index (χ3v) is 4.23. The summed E-state index contributed by atoms with van der Waals surface area (Å²) in [7, 11) is 0. The zero-order chi connectivity index (χ0) is 15.9. The average Bonchev–Trinajstić information content (AvgIpc) is 2.54. The van der Waals surface area contributed by atoms with Gasteiger partial charge in [-0.15, -0.1) is 0 Å². The number of nitrogens with one attached hydrogen (secondary N) is 2. The number of likely N-dealkylation sites (tertiary alicyclic amines) is 1. The standard InChI is InChI=1S/C16H24N4O2/c1-12-5-9-20(11-13(12)2)16(22)19-8-7-18-15(21)14-4-3-6-17-10-14/h3-4,6,10,12-13H,5,7-9,11H2,1-2H3,(H,18,21)(H,19,22)/t12-,13-/m0/s1. The molecule has 0 unspecified atom stereocenters. The molecule has 0 radical (unpaired) electrons. The number of amides is 3. The van der Waals surface area contributed by atoms with Crippen molar-refractivity contribution in [3.8, 4) is 0 Å². The highest BCUT2D eigenvalue weighted by Gasteiger charge is 2.25. The first-order valence-corrected chi connectivity index (χ1v) is 7.79. The Bertz CT molecular complexity index is 506. The van der Waals surface area contributed by atoms with Crippen molar-refractivity contribution in [2.24, 2.45) is 11.8 Å². The van der Waals surface area contributed by atoms with Gasteiger partial charge in [0.05, 0.1) is 5.56 Å². The summed E-state index contributed by atoms with van der Waals surface area (Å²) in [6.45, 7) is 6.84. The van der Waals surface area contributed by atoms with Crippen molar-refractivity contribution in [3.63, 3.8) is 0 Å². The Kier molecular flexibility index (Phi) is 5.75. The summed E-state index contributed by atoms with van der Waals surface area (Å²) < 4.78 is 0. The van der Waals surface area contributed by atoms with E-state index < -0.39 is 0 Å². The van der Waals surface area contributed by atoms with Gasteiger partial charge in [-0.3, -0.25) is 9.78 Å². The Morgan fingerprint density at radius 2 is 2.05 bits per heavy atom. The normalized spacial score (nSPS) is 21.3. The smallest absolute Gasteiger partial charge is 0.317 e. The maximum absolute atomic E-state index is 12.1. The Morgan fingerprint density at radius 1 is 1.27 bits per heavy atom. The van der Waals surface area contributed by atoms with E-state index in [-0.39, 0.29) is 11.9 Å². The van der Waals surface area contributed by atoms with Crippen LogP contribution < -0.4 is 10.6 Å². The minimum absolute atomic E-state index is 0.0469. The lowest BCUT2D eigenvalue weighted by atomic mass is 9.89. The number of rotatable bonds is 4. The molecule has 1 aromatic heterocycles. The minimum atomic E-state index is -0.178. The number of piperidine rings is 1. The van der Waals surface area contributed by atoms with E-state index in [1.807, 2.05) is 4.90 Å². The second kappa shape index (κ2) is 7.77. The van der Waals surface area contributed by atoms with Crippen molar-refractivity contribution in [2.75, 3.05) is 26.2 Å². The molecule has 2 rings (SSSR count). The van der Waals surface area contributed by atoms with Crippen molar-refractivity contribution in [1.82, 2.24) is 20.5 Å². The number of hydrogen-bond donors (Lipinski definition) is 2. The molecule has 0 saturated carbocycles. The Labute approximate surface area is 131 Å². The predicted octanol–water partition coefficient (Wildman–Crippen LogP) is 1.50. The summed E-state index contributed by atoms with van der Waals surface area (Å²) in [6, 6.07) is 3.38. The molecule has 120 valence electrons. The van der Waals surface area contributed by atoms with Gasteiger partial charge in [0.15, 0.2) is 0 Å². The van der Waals surface area contributed by atoms with Crippen LogP contribution in [-0.4, -0.2) is 48.0 Å². The van der Waals surface area contributed by atoms with E-state index in [9.17, 15) is 9.59 Å². The van der Waals surface area contributed by atoms with Gasteiger partial charge in [-0.1, -0.05) is 13.8 Å². The number of carbonyl (C=O) groups is 2. The Balaban J connectivity index is 1.66. The molecule has 1 aliphatic rings. The quantitative estimate of drug-likeness (QED) is 0.828. The van der Waals surface area contributed by atoms with Crippen LogP contribution in [0.5, 0.6) is 0 Å². The van der Waals surface area contributed by atoms with Crippen molar-refractivity contribution in [3.05, 3.63) is 30.1 Å². The maximum Gasteiger partial charge on any atom is 0.317 e. The van der Waals surface area contributed by atoms with E-state index >= 15 is 0 Å². The largest absolute Gasteiger partial charge is 0.350 e. The van der Waals surface area contributed by atoms with Gasteiger partial charge in [0.2, 0.25) is 0 Å². The van der Waals surface area contributed by atoms with Crippen LogP contribution in [0.3, 0.4) is 0 Å². The lowest BCUT2D eigenvalue weighted by molar-refractivity contribution is 0.0952. The molecule has 0 aliphatic carbocycles. The molecule has 1 saturated heterocycles. The number of nitrogens with zero attached hydrogens (tertiary/aromatic N) is 2. The molecule has 2 atom stereocenters. The summed E-state index contributed by atoms with van der Waals surface area (Å²) in [6.07, 6.45) is 4.19. The fourth-order valence-corrected chi connectivity index (χ4v) is 2.50. The maximum atomic E-state index is 12.1. The first kappa shape index (κ1) is 16.3. The SMILES string of the molecule is C[C@H]1CCN(C(=O)NCCNC(=O)c2cccnc2)C[C@@H]1C. The number of carbonyl (C=O) groups excluding carboxylic acids is 2. The molecular weight excluding hydrogens is 280 g/mol. The zero-order valence-corrected chi connectivity index (χ0v) is 13.2. The molecular formula is C16H24N4O2.